The zero-order valence-electron chi connectivity index (χ0n) is 14.6. The van der Waals surface area contributed by atoms with E-state index in [2.05, 4.69) is 17.4 Å². The average Bonchev–Trinajstić information content (AvgIpc) is 3.02. The highest BCUT2D eigenvalue weighted by Crippen LogP contribution is 2.24. The molecule has 25 heavy (non-hydrogen) atoms. The number of hydrogen-bond acceptors (Lipinski definition) is 3. The van der Waals surface area contributed by atoms with Crippen LogP contribution >= 0.6 is 12.4 Å². The number of nitrogens with zero attached hydrogens (tertiary/aromatic N) is 1. The molecule has 1 aliphatic heterocycles. The predicted octanol–water partition coefficient (Wildman–Crippen LogP) is 2.36. The Kier molecular flexibility index (Phi) is 7.26. The van der Waals surface area contributed by atoms with Crippen LogP contribution in [-0.4, -0.2) is 29.3 Å². The lowest BCUT2D eigenvalue weighted by atomic mass is 9.85. The quantitative estimate of drug-likeness (QED) is 0.786. The van der Waals surface area contributed by atoms with Crippen molar-refractivity contribution < 1.29 is 9.59 Å². The molecule has 3 rings (SSSR count). The Morgan fingerprint density at radius 1 is 1.16 bits per heavy atom. The van der Waals surface area contributed by atoms with Crippen LogP contribution in [0.3, 0.4) is 0 Å². The van der Waals surface area contributed by atoms with E-state index in [4.69, 9.17) is 5.73 Å². The van der Waals surface area contributed by atoms with Crippen molar-refractivity contribution in [1.29, 1.82) is 0 Å². The molecular formula is C19H28ClN3O2. The molecular weight excluding hydrogens is 338 g/mol. The fourth-order valence-corrected chi connectivity index (χ4v) is 3.73. The first-order valence-electron chi connectivity index (χ1n) is 9.01. The third kappa shape index (κ3) is 5.19. The van der Waals surface area contributed by atoms with Crippen molar-refractivity contribution >= 4 is 24.2 Å². The van der Waals surface area contributed by atoms with E-state index in [-0.39, 0.29) is 36.2 Å². The van der Waals surface area contributed by atoms with Crippen LogP contribution in [0.1, 0.15) is 49.7 Å². The van der Waals surface area contributed by atoms with Crippen molar-refractivity contribution in [2.45, 2.75) is 57.7 Å². The van der Waals surface area contributed by atoms with Gasteiger partial charge >= 0.3 is 0 Å². The van der Waals surface area contributed by atoms with Gasteiger partial charge in [-0.25, -0.2) is 0 Å². The standard InChI is InChI=1S/C19H27N3O2.ClH/c20-17-8-3-7-14(11-17)19(24)21-10-4-9-18(23)22-12-15-5-1-2-6-16(15)13-22;/h1-2,5-6,14,17H,3-4,7-13,20H2,(H,21,24);1H. The third-order valence-electron chi connectivity index (χ3n) is 5.15. The summed E-state index contributed by atoms with van der Waals surface area (Å²) >= 11 is 0. The Morgan fingerprint density at radius 3 is 2.48 bits per heavy atom. The number of rotatable bonds is 5. The zero-order chi connectivity index (χ0) is 16.9. The summed E-state index contributed by atoms with van der Waals surface area (Å²) in [6.07, 6.45) is 4.96. The summed E-state index contributed by atoms with van der Waals surface area (Å²) in [6, 6.07) is 8.35. The molecule has 1 fully saturated rings. The molecule has 1 aromatic rings. The van der Waals surface area contributed by atoms with Crippen LogP contribution in [-0.2, 0) is 22.7 Å². The molecule has 6 heteroatoms. The number of carbonyl (C=O) groups excluding carboxylic acids is 2. The molecule has 138 valence electrons. The number of halogens is 1. The Bertz CT molecular complexity index is 583. The van der Waals surface area contributed by atoms with Crippen LogP contribution in [0.5, 0.6) is 0 Å². The van der Waals surface area contributed by atoms with Crippen LogP contribution in [0.4, 0.5) is 0 Å². The molecule has 0 bridgehead atoms. The lowest BCUT2D eigenvalue weighted by Gasteiger charge is -2.25. The molecule has 2 aliphatic rings. The van der Waals surface area contributed by atoms with E-state index < -0.39 is 0 Å². The van der Waals surface area contributed by atoms with Gasteiger partial charge in [-0.1, -0.05) is 30.7 Å². The van der Waals surface area contributed by atoms with Gasteiger partial charge in [0.25, 0.3) is 0 Å². The first-order chi connectivity index (χ1) is 11.6. The summed E-state index contributed by atoms with van der Waals surface area (Å²) in [5.74, 6) is 0.323. The molecule has 0 spiro atoms. The van der Waals surface area contributed by atoms with Crippen LogP contribution in [0, 0.1) is 5.92 Å². The van der Waals surface area contributed by atoms with Crippen LogP contribution in [0.25, 0.3) is 0 Å². The molecule has 1 aromatic carbocycles. The molecule has 0 aromatic heterocycles. The van der Waals surface area contributed by atoms with Crippen molar-refractivity contribution in [2.24, 2.45) is 11.7 Å². The number of nitrogens with two attached hydrogens (primary N) is 1. The Labute approximate surface area is 155 Å². The average molecular weight is 366 g/mol. The van der Waals surface area contributed by atoms with Gasteiger partial charge in [-0.2, -0.15) is 0 Å². The Morgan fingerprint density at radius 2 is 1.84 bits per heavy atom. The molecule has 0 radical (unpaired) electrons. The second-order valence-corrected chi connectivity index (χ2v) is 7.04. The molecule has 1 saturated carbocycles. The maximum Gasteiger partial charge on any atom is 0.223 e. The van der Waals surface area contributed by atoms with Gasteiger partial charge < -0.3 is 16.0 Å². The first-order valence-corrected chi connectivity index (χ1v) is 9.01. The summed E-state index contributed by atoms with van der Waals surface area (Å²) in [7, 11) is 0. The molecule has 2 unspecified atom stereocenters. The van der Waals surface area contributed by atoms with E-state index in [1.165, 1.54) is 11.1 Å². The number of fused-ring (bicyclic) bond motifs is 1. The highest BCUT2D eigenvalue weighted by atomic mass is 35.5. The van der Waals surface area contributed by atoms with E-state index in [1.54, 1.807) is 0 Å². The molecule has 3 N–H and O–H groups in total. The van der Waals surface area contributed by atoms with E-state index >= 15 is 0 Å². The first kappa shape index (κ1) is 19.7. The molecule has 2 atom stereocenters. The lowest BCUT2D eigenvalue weighted by Crippen LogP contribution is -2.38. The SMILES string of the molecule is Cl.NC1CCCC(C(=O)NCCCC(=O)N2Cc3ccccc3C2)C1. The lowest BCUT2D eigenvalue weighted by molar-refractivity contribution is -0.132. The summed E-state index contributed by atoms with van der Waals surface area (Å²) < 4.78 is 0. The Hall–Kier alpha value is -1.59. The fourth-order valence-electron chi connectivity index (χ4n) is 3.73. The van der Waals surface area contributed by atoms with Gasteiger partial charge in [0.05, 0.1) is 0 Å². The minimum Gasteiger partial charge on any atom is -0.356 e. The number of nitrogens with one attached hydrogen (secondary N) is 1. The highest BCUT2D eigenvalue weighted by molar-refractivity contribution is 5.85. The summed E-state index contributed by atoms with van der Waals surface area (Å²) in [5, 5.41) is 2.97. The number of carbonyl (C=O) groups is 2. The van der Waals surface area contributed by atoms with E-state index in [9.17, 15) is 9.59 Å². The fraction of sp³-hybridized carbons (Fsp3) is 0.579. The highest BCUT2D eigenvalue weighted by Gasteiger charge is 2.25. The number of amides is 2. The van der Waals surface area contributed by atoms with Gasteiger partial charge in [-0.05, 0) is 36.8 Å². The van der Waals surface area contributed by atoms with Crippen molar-refractivity contribution in [3.63, 3.8) is 0 Å². The summed E-state index contributed by atoms with van der Waals surface area (Å²) in [4.78, 5) is 26.3. The molecule has 1 heterocycles. The molecule has 5 nitrogen and oxygen atoms in total. The molecule has 1 aliphatic carbocycles. The second-order valence-electron chi connectivity index (χ2n) is 7.04. The van der Waals surface area contributed by atoms with Gasteiger partial charge in [-0.3, -0.25) is 9.59 Å². The van der Waals surface area contributed by atoms with Gasteiger partial charge in [-0.15, -0.1) is 12.4 Å². The van der Waals surface area contributed by atoms with Crippen LogP contribution in [0.15, 0.2) is 24.3 Å². The van der Waals surface area contributed by atoms with E-state index in [0.29, 0.717) is 32.5 Å². The van der Waals surface area contributed by atoms with E-state index in [1.807, 2.05) is 17.0 Å². The Balaban J connectivity index is 0.00000225. The number of benzene rings is 1. The maximum atomic E-state index is 12.3. The maximum absolute atomic E-state index is 12.3. The summed E-state index contributed by atoms with van der Waals surface area (Å²) in [6.45, 7) is 1.99. The van der Waals surface area contributed by atoms with Crippen LogP contribution < -0.4 is 11.1 Å². The van der Waals surface area contributed by atoms with Crippen molar-refractivity contribution in [1.82, 2.24) is 10.2 Å². The van der Waals surface area contributed by atoms with Crippen molar-refractivity contribution in [2.75, 3.05) is 6.54 Å². The van der Waals surface area contributed by atoms with E-state index in [0.717, 1.165) is 25.7 Å². The predicted molar refractivity (Wildman–Crippen MR) is 100 cm³/mol. The van der Waals surface area contributed by atoms with Gasteiger partial charge in [0.15, 0.2) is 0 Å². The van der Waals surface area contributed by atoms with Crippen molar-refractivity contribution in [3.05, 3.63) is 35.4 Å². The largest absolute Gasteiger partial charge is 0.356 e. The van der Waals surface area contributed by atoms with Gasteiger partial charge in [0.1, 0.15) is 0 Å². The van der Waals surface area contributed by atoms with Crippen LogP contribution in [0.2, 0.25) is 0 Å². The normalized spacial score (nSPS) is 22.0. The minimum atomic E-state index is 0. The third-order valence-corrected chi connectivity index (χ3v) is 5.15. The smallest absolute Gasteiger partial charge is 0.223 e. The van der Waals surface area contributed by atoms with Gasteiger partial charge in [0.2, 0.25) is 11.8 Å². The minimum absolute atomic E-state index is 0. The topological polar surface area (TPSA) is 75.4 Å². The molecule has 0 saturated heterocycles. The second kappa shape index (κ2) is 9.20. The zero-order valence-corrected chi connectivity index (χ0v) is 15.4. The van der Waals surface area contributed by atoms with Gasteiger partial charge in [0, 0.05) is 38.0 Å². The number of hydrogen-bond donors (Lipinski definition) is 2. The van der Waals surface area contributed by atoms with Crippen molar-refractivity contribution in [3.8, 4) is 0 Å². The summed E-state index contributed by atoms with van der Waals surface area (Å²) in [5.41, 5.74) is 8.42. The molecule has 2 amide bonds. The monoisotopic (exact) mass is 365 g/mol.